The van der Waals surface area contributed by atoms with Gasteiger partial charge in [0, 0.05) is 26.1 Å². The van der Waals surface area contributed by atoms with Gasteiger partial charge in [-0.15, -0.1) is 0 Å². The van der Waals surface area contributed by atoms with Crippen LogP contribution in [0.3, 0.4) is 0 Å². The van der Waals surface area contributed by atoms with Crippen LogP contribution in [0.15, 0.2) is 30.6 Å². The standard InChI is InChI=1S/C17H22N4O3/c1-21(2)16(22)10-24-15-7-8-23-9-14(15)20-17-12-5-3-4-6-13(12)18-11-19-17/h3-6,11,14-15H,7-10H2,1-2H3,(H,18,19,20)/t14-,15+/m0/s1. The molecule has 1 aromatic carbocycles. The number of para-hydroxylation sites is 1. The van der Waals surface area contributed by atoms with Crippen LogP contribution in [0.25, 0.3) is 10.9 Å². The molecule has 1 aliphatic heterocycles. The van der Waals surface area contributed by atoms with Crippen molar-refractivity contribution in [2.75, 3.05) is 39.2 Å². The number of amides is 1. The summed E-state index contributed by atoms with van der Waals surface area (Å²) in [5.74, 6) is 0.705. The molecule has 0 radical (unpaired) electrons. The van der Waals surface area contributed by atoms with Crippen LogP contribution in [0.5, 0.6) is 0 Å². The number of nitrogens with zero attached hydrogens (tertiary/aromatic N) is 3. The Kier molecular flexibility index (Phi) is 5.22. The maximum atomic E-state index is 11.8. The number of likely N-dealkylation sites (N-methyl/N-ethyl adjacent to an activating group) is 1. The maximum Gasteiger partial charge on any atom is 0.248 e. The van der Waals surface area contributed by atoms with E-state index in [2.05, 4.69) is 15.3 Å². The van der Waals surface area contributed by atoms with Crippen LogP contribution in [-0.4, -0.2) is 66.8 Å². The largest absolute Gasteiger partial charge is 0.379 e. The zero-order chi connectivity index (χ0) is 16.9. The minimum atomic E-state index is -0.101. The molecule has 0 unspecified atom stereocenters. The average molecular weight is 330 g/mol. The van der Waals surface area contributed by atoms with E-state index in [-0.39, 0.29) is 24.7 Å². The van der Waals surface area contributed by atoms with E-state index in [0.29, 0.717) is 13.2 Å². The number of hydrogen-bond donors (Lipinski definition) is 1. The number of rotatable bonds is 5. The van der Waals surface area contributed by atoms with Gasteiger partial charge in [-0.1, -0.05) is 12.1 Å². The van der Waals surface area contributed by atoms with Gasteiger partial charge >= 0.3 is 0 Å². The summed E-state index contributed by atoms with van der Waals surface area (Å²) in [5, 5.41) is 4.35. The van der Waals surface area contributed by atoms with E-state index in [1.165, 1.54) is 4.90 Å². The zero-order valence-corrected chi connectivity index (χ0v) is 13.9. The molecule has 24 heavy (non-hydrogen) atoms. The van der Waals surface area contributed by atoms with Gasteiger partial charge in [-0.3, -0.25) is 4.79 Å². The quantitative estimate of drug-likeness (QED) is 0.891. The van der Waals surface area contributed by atoms with Crippen molar-refractivity contribution in [1.82, 2.24) is 14.9 Å². The molecule has 1 saturated heterocycles. The predicted octanol–water partition coefficient (Wildman–Crippen LogP) is 1.30. The van der Waals surface area contributed by atoms with E-state index in [4.69, 9.17) is 9.47 Å². The van der Waals surface area contributed by atoms with Gasteiger partial charge in [0.1, 0.15) is 18.8 Å². The van der Waals surface area contributed by atoms with Crippen molar-refractivity contribution in [2.45, 2.75) is 18.6 Å². The van der Waals surface area contributed by atoms with Crippen molar-refractivity contribution < 1.29 is 14.3 Å². The summed E-state index contributed by atoms with van der Waals surface area (Å²) < 4.78 is 11.4. The Morgan fingerprint density at radius 1 is 1.38 bits per heavy atom. The topological polar surface area (TPSA) is 76.6 Å². The van der Waals surface area contributed by atoms with Gasteiger partial charge < -0.3 is 19.7 Å². The normalized spacial score (nSPS) is 20.8. The van der Waals surface area contributed by atoms with Gasteiger partial charge in [-0.05, 0) is 18.6 Å². The van der Waals surface area contributed by atoms with Gasteiger partial charge in [0.2, 0.25) is 5.91 Å². The third kappa shape index (κ3) is 3.80. The lowest BCUT2D eigenvalue weighted by Crippen LogP contribution is -2.45. The van der Waals surface area contributed by atoms with Crippen molar-refractivity contribution >= 4 is 22.6 Å². The third-order valence-electron chi connectivity index (χ3n) is 4.08. The minimum Gasteiger partial charge on any atom is -0.379 e. The Hall–Kier alpha value is -2.25. The number of fused-ring (bicyclic) bond motifs is 1. The van der Waals surface area contributed by atoms with Gasteiger partial charge in [0.25, 0.3) is 0 Å². The second-order valence-electron chi connectivity index (χ2n) is 5.99. The van der Waals surface area contributed by atoms with Crippen molar-refractivity contribution in [3.05, 3.63) is 30.6 Å². The SMILES string of the molecule is CN(C)C(=O)CO[C@@H]1CCOC[C@@H]1Nc1ncnc2ccccc12. The fraction of sp³-hybridized carbons (Fsp3) is 0.471. The highest BCUT2D eigenvalue weighted by Crippen LogP contribution is 2.22. The molecule has 128 valence electrons. The highest BCUT2D eigenvalue weighted by molar-refractivity contribution is 5.88. The summed E-state index contributed by atoms with van der Waals surface area (Å²) in [5.41, 5.74) is 0.881. The number of nitrogens with one attached hydrogen (secondary N) is 1. The lowest BCUT2D eigenvalue weighted by atomic mass is 10.1. The van der Waals surface area contributed by atoms with Crippen molar-refractivity contribution in [3.8, 4) is 0 Å². The van der Waals surface area contributed by atoms with Crippen LogP contribution in [0, 0.1) is 0 Å². The molecule has 3 rings (SSSR count). The molecule has 0 spiro atoms. The van der Waals surface area contributed by atoms with Crippen LogP contribution in [0.1, 0.15) is 6.42 Å². The molecule has 0 bridgehead atoms. The summed E-state index contributed by atoms with van der Waals surface area (Å²) in [7, 11) is 3.44. The number of ether oxygens (including phenoxy) is 2. The van der Waals surface area contributed by atoms with Crippen LogP contribution < -0.4 is 5.32 Å². The fourth-order valence-electron chi connectivity index (χ4n) is 2.66. The maximum absolute atomic E-state index is 11.8. The summed E-state index contributed by atoms with van der Waals surface area (Å²) in [6, 6.07) is 7.77. The molecular formula is C17H22N4O3. The number of anilines is 1. The molecule has 7 nitrogen and oxygen atoms in total. The van der Waals surface area contributed by atoms with Crippen LogP contribution >= 0.6 is 0 Å². The van der Waals surface area contributed by atoms with Gasteiger partial charge in [0.05, 0.1) is 24.3 Å². The Bertz CT molecular complexity index is 702. The van der Waals surface area contributed by atoms with Crippen molar-refractivity contribution in [3.63, 3.8) is 0 Å². The number of carbonyl (C=O) groups is 1. The fourth-order valence-corrected chi connectivity index (χ4v) is 2.66. The Labute approximate surface area is 141 Å². The van der Waals surface area contributed by atoms with Gasteiger partial charge in [-0.2, -0.15) is 0 Å². The van der Waals surface area contributed by atoms with Crippen molar-refractivity contribution in [2.24, 2.45) is 0 Å². The number of benzene rings is 1. The number of carbonyl (C=O) groups excluding carboxylic acids is 1. The minimum absolute atomic E-state index is 0.0484. The van der Waals surface area contributed by atoms with E-state index < -0.39 is 0 Å². The van der Waals surface area contributed by atoms with Crippen LogP contribution in [0.4, 0.5) is 5.82 Å². The monoisotopic (exact) mass is 330 g/mol. The third-order valence-corrected chi connectivity index (χ3v) is 4.08. The predicted molar refractivity (Wildman–Crippen MR) is 90.8 cm³/mol. The molecule has 1 fully saturated rings. The van der Waals surface area contributed by atoms with E-state index in [9.17, 15) is 4.79 Å². The van der Waals surface area contributed by atoms with E-state index in [0.717, 1.165) is 23.1 Å². The Balaban J connectivity index is 1.72. The number of hydrogen-bond acceptors (Lipinski definition) is 6. The highest BCUT2D eigenvalue weighted by atomic mass is 16.5. The Morgan fingerprint density at radius 3 is 3.04 bits per heavy atom. The number of aromatic nitrogens is 2. The second kappa shape index (κ2) is 7.55. The zero-order valence-electron chi connectivity index (χ0n) is 13.9. The van der Waals surface area contributed by atoms with Crippen LogP contribution in [-0.2, 0) is 14.3 Å². The summed E-state index contributed by atoms with van der Waals surface area (Å²) in [4.78, 5) is 21.9. The lowest BCUT2D eigenvalue weighted by Gasteiger charge is -2.32. The molecule has 1 aliphatic rings. The first kappa shape index (κ1) is 16.6. The summed E-state index contributed by atoms with van der Waals surface area (Å²) >= 11 is 0. The summed E-state index contributed by atoms with van der Waals surface area (Å²) in [6.45, 7) is 1.21. The van der Waals surface area contributed by atoms with E-state index >= 15 is 0 Å². The molecule has 7 heteroatoms. The molecule has 0 saturated carbocycles. The molecule has 2 heterocycles. The first-order valence-corrected chi connectivity index (χ1v) is 8.01. The average Bonchev–Trinajstić information content (AvgIpc) is 2.61. The van der Waals surface area contributed by atoms with E-state index in [1.54, 1.807) is 20.4 Å². The molecule has 0 aliphatic carbocycles. The molecule has 2 aromatic rings. The first-order valence-electron chi connectivity index (χ1n) is 8.01. The highest BCUT2D eigenvalue weighted by Gasteiger charge is 2.28. The smallest absolute Gasteiger partial charge is 0.248 e. The Morgan fingerprint density at radius 2 is 2.21 bits per heavy atom. The van der Waals surface area contributed by atoms with Crippen molar-refractivity contribution in [1.29, 1.82) is 0 Å². The van der Waals surface area contributed by atoms with Crippen LogP contribution in [0.2, 0.25) is 0 Å². The van der Waals surface area contributed by atoms with Gasteiger partial charge in [-0.25, -0.2) is 9.97 Å². The molecule has 1 amide bonds. The molecule has 2 atom stereocenters. The molecule has 1 N–H and O–H groups in total. The molecular weight excluding hydrogens is 308 g/mol. The molecule has 1 aromatic heterocycles. The van der Waals surface area contributed by atoms with E-state index in [1.807, 2.05) is 24.3 Å². The second-order valence-corrected chi connectivity index (χ2v) is 5.99. The lowest BCUT2D eigenvalue weighted by molar-refractivity contribution is -0.138. The summed E-state index contributed by atoms with van der Waals surface area (Å²) in [6.07, 6.45) is 2.18. The van der Waals surface area contributed by atoms with Gasteiger partial charge in [0.15, 0.2) is 0 Å². The first-order chi connectivity index (χ1) is 11.6.